The fourth-order valence-corrected chi connectivity index (χ4v) is 4.27. The zero-order chi connectivity index (χ0) is 21.3. The van der Waals surface area contributed by atoms with Gasteiger partial charge in [-0.05, 0) is 44.9 Å². The molecular weight excluding hydrogens is 402 g/mol. The number of amides is 1. The number of nitrogens with zero attached hydrogens (tertiary/aromatic N) is 4. The quantitative estimate of drug-likeness (QED) is 0.672. The van der Waals surface area contributed by atoms with E-state index in [0.717, 1.165) is 52.8 Å². The molecule has 1 aliphatic heterocycles. The van der Waals surface area contributed by atoms with Crippen molar-refractivity contribution >= 4 is 34.5 Å². The molecule has 1 N–H and O–H groups in total. The first-order valence-electron chi connectivity index (χ1n) is 10.2. The van der Waals surface area contributed by atoms with Gasteiger partial charge in [-0.2, -0.15) is 5.10 Å². The van der Waals surface area contributed by atoms with Crippen molar-refractivity contribution in [3.8, 4) is 0 Å². The number of ether oxygens (including phenoxy) is 1. The second-order valence-electron chi connectivity index (χ2n) is 7.60. The van der Waals surface area contributed by atoms with Gasteiger partial charge in [0.05, 0.1) is 35.3 Å². The molecule has 0 saturated carbocycles. The topological polar surface area (TPSA) is 71.8 Å². The highest BCUT2D eigenvalue weighted by Gasteiger charge is 2.19. The van der Waals surface area contributed by atoms with E-state index in [-0.39, 0.29) is 5.91 Å². The van der Waals surface area contributed by atoms with Crippen molar-refractivity contribution in [3.05, 3.63) is 51.9 Å². The summed E-state index contributed by atoms with van der Waals surface area (Å²) in [4.78, 5) is 19.6. The lowest BCUT2D eigenvalue weighted by molar-refractivity contribution is -0.116. The van der Waals surface area contributed by atoms with Crippen molar-refractivity contribution in [2.75, 3.05) is 36.5 Å². The fourth-order valence-electron chi connectivity index (χ4n) is 3.98. The van der Waals surface area contributed by atoms with E-state index >= 15 is 0 Å². The van der Waals surface area contributed by atoms with Crippen LogP contribution in [-0.4, -0.2) is 46.8 Å². The van der Waals surface area contributed by atoms with E-state index in [4.69, 9.17) is 16.3 Å². The van der Waals surface area contributed by atoms with Crippen LogP contribution in [0.1, 0.15) is 29.1 Å². The molecular formula is C22H26ClN5O2. The maximum atomic E-state index is 12.8. The molecule has 0 spiro atoms. The highest BCUT2D eigenvalue weighted by atomic mass is 35.5. The number of morpholine rings is 1. The summed E-state index contributed by atoms with van der Waals surface area (Å²) in [5.41, 5.74) is 6.37. The van der Waals surface area contributed by atoms with Gasteiger partial charge in [0.1, 0.15) is 0 Å². The number of carbonyl (C=O) groups excluding carboxylic acids is 1. The molecule has 0 aliphatic carbocycles. The summed E-state index contributed by atoms with van der Waals surface area (Å²) in [5, 5.41) is 8.19. The van der Waals surface area contributed by atoms with Gasteiger partial charge < -0.3 is 15.0 Å². The van der Waals surface area contributed by atoms with Crippen molar-refractivity contribution in [2.45, 2.75) is 33.6 Å². The fraction of sp³-hybridized carbons (Fsp3) is 0.409. The number of benzene rings is 1. The zero-order valence-corrected chi connectivity index (χ0v) is 18.3. The van der Waals surface area contributed by atoms with Crippen LogP contribution in [-0.2, 0) is 16.0 Å². The largest absolute Gasteiger partial charge is 0.378 e. The molecule has 30 heavy (non-hydrogen) atoms. The van der Waals surface area contributed by atoms with Crippen LogP contribution < -0.4 is 10.2 Å². The first-order valence-corrected chi connectivity index (χ1v) is 10.6. The van der Waals surface area contributed by atoms with Gasteiger partial charge in [0.15, 0.2) is 5.65 Å². The van der Waals surface area contributed by atoms with Crippen molar-refractivity contribution in [2.24, 2.45) is 0 Å². The summed E-state index contributed by atoms with van der Waals surface area (Å²) < 4.78 is 7.29. The first kappa shape index (κ1) is 20.6. The minimum atomic E-state index is -0.0534. The summed E-state index contributed by atoms with van der Waals surface area (Å²) in [6.07, 6.45) is 0.947. The van der Waals surface area contributed by atoms with E-state index in [1.165, 1.54) is 0 Å². The molecule has 0 unspecified atom stereocenters. The average Bonchev–Trinajstić information content (AvgIpc) is 3.09. The molecule has 1 fully saturated rings. The monoisotopic (exact) mass is 427 g/mol. The number of rotatable bonds is 5. The van der Waals surface area contributed by atoms with Crippen LogP contribution in [0.4, 0.5) is 11.4 Å². The van der Waals surface area contributed by atoms with Gasteiger partial charge in [0.2, 0.25) is 5.91 Å². The Labute approximate surface area is 181 Å². The Balaban J connectivity index is 1.50. The third-order valence-corrected chi connectivity index (χ3v) is 5.78. The molecule has 3 heterocycles. The maximum absolute atomic E-state index is 12.8. The predicted molar refractivity (Wildman–Crippen MR) is 119 cm³/mol. The lowest BCUT2D eigenvalue weighted by Gasteiger charge is -2.31. The molecule has 0 radical (unpaired) electrons. The van der Waals surface area contributed by atoms with E-state index in [0.29, 0.717) is 31.1 Å². The van der Waals surface area contributed by atoms with Crippen LogP contribution in [0.3, 0.4) is 0 Å². The lowest BCUT2D eigenvalue weighted by atomic mass is 10.1. The number of hydrogen-bond donors (Lipinski definition) is 1. The number of anilines is 2. The predicted octanol–water partition coefficient (Wildman–Crippen LogP) is 3.72. The standard InChI is InChI=1S/C22H26ClN5O2/c1-14-13-20-24-15(2)17(16(3)28(20)26-14)7-8-21(29)25-19-6-4-5-18(23)22(19)27-9-11-30-12-10-27/h4-6,13H,7-12H2,1-3H3,(H,25,29). The Morgan fingerprint density at radius 3 is 2.77 bits per heavy atom. The summed E-state index contributed by atoms with van der Waals surface area (Å²) in [6, 6.07) is 7.56. The summed E-state index contributed by atoms with van der Waals surface area (Å²) >= 11 is 6.47. The van der Waals surface area contributed by atoms with Crippen LogP contribution in [0.5, 0.6) is 0 Å². The minimum Gasteiger partial charge on any atom is -0.378 e. The minimum absolute atomic E-state index is 0.0534. The van der Waals surface area contributed by atoms with E-state index in [9.17, 15) is 4.79 Å². The SMILES string of the molecule is Cc1cc2nc(C)c(CCC(=O)Nc3cccc(Cl)c3N3CCOCC3)c(C)n2n1. The molecule has 1 aromatic carbocycles. The molecule has 3 aromatic rings. The molecule has 1 amide bonds. The van der Waals surface area contributed by atoms with Gasteiger partial charge in [-0.25, -0.2) is 9.50 Å². The molecule has 4 rings (SSSR count). The number of nitrogens with one attached hydrogen (secondary N) is 1. The van der Waals surface area contributed by atoms with Crippen molar-refractivity contribution in [3.63, 3.8) is 0 Å². The Bertz CT molecular complexity index is 1090. The van der Waals surface area contributed by atoms with Gasteiger partial charge in [0.25, 0.3) is 0 Å². The second kappa shape index (κ2) is 8.62. The highest BCUT2D eigenvalue weighted by molar-refractivity contribution is 6.34. The third-order valence-electron chi connectivity index (χ3n) is 5.48. The van der Waals surface area contributed by atoms with E-state index < -0.39 is 0 Å². The van der Waals surface area contributed by atoms with Crippen LogP contribution in [0, 0.1) is 20.8 Å². The number of fused-ring (bicyclic) bond motifs is 1. The second-order valence-corrected chi connectivity index (χ2v) is 8.01. The number of hydrogen-bond acceptors (Lipinski definition) is 5. The number of aromatic nitrogens is 3. The van der Waals surface area contributed by atoms with Crippen LogP contribution in [0.2, 0.25) is 5.02 Å². The zero-order valence-electron chi connectivity index (χ0n) is 17.5. The van der Waals surface area contributed by atoms with Crippen molar-refractivity contribution in [1.29, 1.82) is 0 Å². The van der Waals surface area contributed by atoms with Crippen LogP contribution in [0.15, 0.2) is 24.3 Å². The highest BCUT2D eigenvalue weighted by Crippen LogP contribution is 2.34. The van der Waals surface area contributed by atoms with Gasteiger partial charge >= 0.3 is 0 Å². The molecule has 1 saturated heterocycles. The lowest BCUT2D eigenvalue weighted by Crippen LogP contribution is -2.37. The Hall–Kier alpha value is -2.64. The summed E-state index contributed by atoms with van der Waals surface area (Å²) in [6.45, 7) is 8.76. The molecule has 8 heteroatoms. The average molecular weight is 428 g/mol. The molecule has 2 aromatic heterocycles. The maximum Gasteiger partial charge on any atom is 0.224 e. The normalized spacial score (nSPS) is 14.3. The summed E-state index contributed by atoms with van der Waals surface area (Å²) in [5.74, 6) is -0.0534. The molecule has 1 aliphatic rings. The third kappa shape index (κ3) is 4.13. The van der Waals surface area contributed by atoms with Crippen molar-refractivity contribution in [1.82, 2.24) is 14.6 Å². The van der Waals surface area contributed by atoms with Gasteiger partial charge in [-0.3, -0.25) is 4.79 Å². The Morgan fingerprint density at radius 1 is 1.23 bits per heavy atom. The van der Waals surface area contributed by atoms with Gasteiger partial charge in [0, 0.05) is 37.0 Å². The summed E-state index contributed by atoms with van der Waals surface area (Å²) in [7, 11) is 0. The number of halogens is 1. The number of aryl methyl sites for hydroxylation is 3. The van der Waals surface area contributed by atoms with Crippen LogP contribution >= 0.6 is 11.6 Å². The van der Waals surface area contributed by atoms with Crippen LogP contribution in [0.25, 0.3) is 5.65 Å². The molecule has 7 nitrogen and oxygen atoms in total. The Morgan fingerprint density at radius 2 is 2.00 bits per heavy atom. The number of carbonyl (C=O) groups is 1. The van der Waals surface area contributed by atoms with Gasteiger partial charge in [-0.15, -0.1) is 0 Å². The molecule has 0 atom stereocenters. The smallest absolute Gasteiger partial charge is 0.224 e. The molecule has 0 bridgehead atoms. The first-order chi connectivity index (χ1) is 14.4. The Kier molecular flexibility index (Phi) is 5.92. The molecule has 158 valence electrons. The van der Waals surface area contributed by atoms with E-state index in [1.54, 1.807) is 0 Å². The number of para-hydroxylation sites is 1. The van der Waals surface area contributed by atoms with E-state index in [1.807, 2.05) is 49.6 Å². The van der Waals surface area contributed by atoms with Crippen molar-refractivity contribution < 1.29 is 9.53 Å². The van der Waals surface area contributed by atoms with Gasteiger partial charge in [-0.1, -0.05) is 17.7 Å². The van der Waals surface area contributed by atoms with E-state index in [2.05, 4.69) is 20.3 Å².